The van der Waals surface area contributed by atoms with Gasteiger partial charge < -0.3 is 15.5 Å². The van der Waals surface area contributed by atoms with E-state index in [0.29, 0.717) is 22.4 Å². The summed E-state index contributed by atoms with van der Waals surface area (Å²) in [5.41, 5.74) is 6.84. The first kappa shape index (κ1) is 19.3. The van der Waals surface area contributed by atoms with E-state index in [0.717, 1.165) is 31.2 Å². The molecule has 3 N–H and O–H groups in total. The molecule has 1 atom stereocenters. The van der Waals surface area contributed by atoms with E-state index in [4.69, 9.17) is 21.8 Å². The lowest BCUT2D eigenvalue weighted by Gasteiger charge is -2.27. The summed E-state index contributed by atoms with van der Waals surface area (Å²) in [5, 5.41) is 3.66. The summed E-state index contributed by atoms with van der Waals surface area (Å²) in [7, 11) is 0. The lowest BCUT2D eigenvalue weighted by molar-refractivity contribution is -0.121. The normalized spacial score (nSPS) is 21.3. The van der Waals surface area contributed by atoms with Crippen molar-refractivity contribution in [3.05, 3.63) is 41.4 Å². The van der Waals surface area contributed by atoms with E-state index in [1.54, 1.807) is 6.20 Å². The maximum Gasteiger partial charge on any atom is 0.233 e. The van der Waals surface area contributed by atoms with Crippen LogP contribution in [0, 0.1) is 0 Å². The van der Waals surface area contributed by atoms with Gasteiger partial charge >= 0.3 is 0 Å². The predicted octanol–water partition coefficient (Wildman–Crippen LogP) is 4.00. The Morgan fingerprint density at radius 2 is 2.04 bits per heavy atom. The lowest BCUT2D eigenvalue weighted by Crippen LogP contribution is -2.43. The van der Waals surface area contributed by atoms with Gasteiger partial charge in [-0.25, -0.2) is 4.98 Å². The van der Waals surface area contributed by atoms with Crippen LogP contribution in [0.25, 0.3) is 11.3 Å². The molecular weight excluding hydrogens is 370 g/mol. The second-order valence-electron chi connectivity index (χ2n) is 6.70. The molecule has 26 heavy (non-hydrogen) atoms. The molecule has 0 spiro atoms. The smallest absolute Gasteiger partial charge is 0.233 e. The third kappa shape index (κ3) is 5.25. The average molecular weight is 394 g/mol. The number of nitrogens with one attached hydrogen (secondary N) is 1. The largest absolute Gasteiger partial charge is 0.440 e. The lowest BCUT2D eigenvalue weighted by atomic mass is 9.92. The average Bonchev–Trinajstić information content (AvgIpc) is 3.11. The van der Waals surface area contributed by atoms with Gasteiger partial charge in [0.25, 0.3) is 0 Å². The molecule has 0 bridgehead atoms. The molecule has 140 valence electrons. The van der Waals surface area contributed by atoms with Crippen molar-refractivity contribution >= 4 is 29.3 Å². The number of nitrogens with two attached hydrogens (primary N) is 1. The quantitative estimate of drug-likeness (QED) is 0.775. The highest BCUT2D eigenvalue weighted by molar-refractivity contribution is 7.99. The van der Waals surface area contributed by atoms with E-state index >= 15 is 0 Å². The zero-order valence-electron chi connectivity index (χ0n) is 14.8. The maximum absolute atomic E-state index is 12.3. The standard InChI is InChI=1S/C19H24ClN3O2S/c1-12(19(24)23-16-8-6-15(21)7-9-16)26-11-18-22-10-17(25-18)13-2-4-14(20)5-3-13/h2-5,10,12,15-16H,6-9,11,21H2,1H3,(H,23,24). The molecule has 0 aliphatic heterocycles. The van der Waals surface area contributed by atoms with Crippen LogP contribution in [0.2, 0.25) is 5.02 Å². The molecule has 1 unspecified atom stereocenters. The van der Waals surface area contributed by atoms with E-state index in [-0.39, 0.29) is 23.2 Å². The SMILES string of the molecule is CC(SCc1ncc(-c2ccc(Cl)cc2)o1)C(=O)NC1CCC(N)CC1. The van der Waals surface area contributed by atoms with Crippen LogP contribution >= 0.6 is 23.4 Å². The number of nitrogens with zero attached hydrogens (tertiary/aromatic N) is 1. The van der Waals surface area contributed by atoms with Crippen molar-refractivity contribution in [1.29, 1.82) is 0 Å². The maximum atomic E-state index is 12.3. The molecule has 1 heterocycles. The number of carbonyl (C=O) groups is 1. The Bertz CT molecular complexity index is 727. The fourth-order valence-corrected chi connectivity index (χ4v) is 3.85. The Labute approximate surface area is 163 Å². The topological polar surface area (TPSA) is 81.2 Å². The molecule has 1 amide bonds. The number of aromatic nitrogens is 1. The molecule has 7 heteroatoms. The molecule has 2 aromatic rings. The summed E-state index contributed by atoms with van der Waals surface area (Å²) in [6, 6.07) is 7.97. The Hall–Kier alpha value is -1.50. The first-order valence-electron chi connectivity index (χ1n) is 8.89. The summed E-state index contributed by atoms with van der Waals surface area (Å²) in [4.78, 5) is 16.7. The van der Waals surface area contributed by atoms with Gasteiger partial charge in [-0.1, -0.05) is 11.6 Å². The van der Waals surface area contributed by atoms with Crippen molar-refractivity contribution in [2.75, 3.05) is 0 Å². The van der Waals surface area contributed by atoms with E-state index in [2.05, 4.69) is 10.3 Å². The van der Waals surface area contributed by atoms with Crippen LogP contribution in [-0.4, -0.2) is 28.2 Å². The van der Waals surface area contributed by atoms with E-state index in [9.17, 15) is 4.79 Å². The molecule has 0 radical (unpaired) electrons. The van der Waals surface area contributed by atoms with Gasteiger partial charge in [0.05, 0.1) is 17.2 Å². The van der Waals surface area contributed by atoms with E-state index < -0.39 is 0 Å². The summed E-state index contributed by atoms with van der Waals surface area (Å²) in [5.74, 6) is 1.94. The van der Waals surface area contributed by atoms with E-state index in [1.165, 1.54) is 11.8 Å². The highest BCUT2D eigenvalue weighted by Gasteiger charge is 2.23. The Balaban J connectivity index is 1.47. The zero-order chi connectivity index (χ0) is 18.5. The van der Waals surface area contributed by atoms with Crippen molar-refractivity contribution in [3.8, 4) is 11.3 Å². The second-order valence-corrected chi connectivity index (χ2v) is 8.46. The Kier molecular flexibility index (Phi) is 6.62. The van der Waals surface area contributed by atoms with Gasteiger partial charge in [0, 0.05) is 22.7 Å². The fourth-order valence-electron chi connectivity index (χ4n) is 2.98. The van der Waals surface area contributed by atoms with Gasteiger partial charge in [-0.15, -0.1) is 11.8 Å². The number of amides is 1. The van der Waals surface area contributed by atoms with Gasteiger partial charge in [0.2, 0.25) is 11.8 Å². The van der Waals surface area contributed by atoms with E-state index in [1.807, 2.05) is 31.2 Å². The number of thioether (sulfide) groups is 1. The monoisotopic (exact) mass is 393 g/mol. The Morgan fingerprint density at radius 3 is 2.73 bits per heavy atom. The number of hydrogen-bond acceptors (Lipinski definition) is 5. The molecule has 1 aliphatic rings. The third-order valence-corrected chi connectivity index (χ3v) is 6.01. The van der Waals surface area contributed by atoms with Crippen LogP contribution in [0.1, 0.15) is 38.5 Å². The molecular formula is C19H24ClN3O2S. The van der Waals surface area contributed by atoms with Crippen LogP contribution in [-0.2, 0) is 10.5 Å². The summed E-state index contributed by atoms with van der Waals surface area (Å²) in [6.45, 7) is 1.91. The number of oxazole rings is 1. The van der Waals surface area contributed by atoms with Gasteiger partial charge in [-0.05, 0) is 56.9 Å². The minimum atomic E-state index is -0.156. The van der Waals surface area contributed by atoms with Crippen LogP contribution in [0.15, 0.2) is 34.9 Å². The molecule has 5 nitrogen and oxygen atoms in total. The molecule has 1 aromatic carbocycles. The molecule has 0 saturated heterocycles. The summed E-state index contributed by atoms with van der Waals surface area (Å²) >= 11 is 7.43. The molecule has 1 fully saturated rings. The number of benzene rings is 1. The van der Waals surface area contributed by atoms with Crippen LogP contribution in [0.4, 0.5) is 0 Å². The van der Waals surface area contributed by atoms with Gasteiger partial charge in [-0.2, -0.15) is 0 Å². The number of halogens is 1. The zero-order valence-corrected chi connectivity index (χ0v) is 16.4. The third-order valence-electron chi connectivity index (χ3n) is 4.63. The minimum absolute atomic E-state index is 0.0694. The van der Waals surface area contributed by atoms with Crippen LogP contribution in [0.3, 0.4) is 0 Å². The highest BCUT2D eigenvalue weighted by atomic mass is 35.5. The predicted molar refractivity (Wildman–Crippen MR) is 106 cm³/mol. The number of carbonyl (C=O) groups excluding carboxylic acids is 1. The van der Waals surface area contributed by atoms with Gasteiger partial charge in [0.1, 0.15) is 0 Å². The van der Waals surface area contributed by atoms with Gasteiger partial charge in [-0.3, -0.25) is 4.79 Å². The Morgan fingerprint density at radius 1 is 1.35 bits per heavy atom. The molecule has 1 aromatic heterocycles. The minimum Gasteiger partial charge on any atom is -0.440 e. The highest BCUT2D eigenvalue weighted by Crippen LogP contribution is 2.25. The number of rotatable bonds is 6. The molecule has 3 rings (SSSR count). The summed E-state index contributed by atoms with van der Waals surface area (Å²) in [6.07, 6.45) is 5.60. The molecule has 1 aliphatic carbocycles. The first-order valence-corrected chi connectivity index (χ1v) is 10.3. The van der Waals surface area contributed by atoms with Crippen LogP contribution < -0.4 is 11.1 Å². The number of hydrogen-bond donors (Lipinski definition) is 2. The van der Waals surface area contributed by atoms with Crippen molar-refractivity contribution in [3.63, 3.8) is 0 Å². The van der Waals surface area contributed by atoms with Crippen molar-refractivity contribution < 1.29 is 9.21 Å². The molecule has 1 saturated carbocycles. The fraction of sp³-hybridized carbons (Fsp3) is 0.474. The van der Waals surface area contributed by atoms with Gasteiger partial charge in [0.15, 0.2) is 5.76 Å². The first-order chi connectivity index (χ1) is 12.5. The summed E-state index contributed by atoms with van der Waals surface area (Å²) < 4.78 is 5.78. The van der Waals surface area contributed by atoms with Crippen molar-refractivity contribution in [2.24, 2.45) is 5.73 Å². The van der Waals surface area contributed by atoms with Crippen molar-refractivity contribution in [2.45, 2.75) is 55.7 Å². The second kappa shape index (κ2) is 8.93. The van der Waals surface area contributed by atoms with Crippen molar-refractivity contribution in [1.82, 2.24) is 10.3 Å². The van der Waals surface area contributed by atoms with Crippen LogP contribution in [0.5, 0.6) is 0 Å².